The maximum Gasteiger partial charge on any atom is 0.328 e. The molecule has 8 heteroatoms. The van der Waals surface area contributed by atoms with Crippen LogP contribution in [0.4, 0.5) is 0 Å². The lowest BCUT2D eigenvalue weighted by molar-refractivity contribution is -0.151. The Morgan fingerprint density at radius 1 is 1.09 bits per heavy atom. The summed E-state index contributed by atoms with van der Waals surface area (Å²) in [6.45, 7) is 0.454. The van der Waals surface area contributed by atoms with E-state index >= 15 is 0 Å². The van der Waals surface area contributed by atoms with E-state index in [1.54, 1.807) is 0 Å². The fourth-order valence-corrected chi connectivity index (χ4v) is 4.03. The van der Waals surface area contributed by atoms with Gasteiger partial charge < -0.3 is 15.0 Å². The first kappa shape index (κ1) is 24.6. The molecule has 34 heavy (non-hydrogen) atoms. The van der Waals surface area contributed by atoms with Crippen LogP contribution in [0.25, 0.3) is 0 Å². The number of nitriles is 1. The number of Topliss-reactive ketones (excluding diaryl/α,β-unsaturated/α-hetero) is 1. The van der Waals surface area contributed by atoms with Crippen molar-refractivity contribution in [1.29, 1.82) is 5.26 Å². The van der Waals surface area contributed by atoms with Gasteiger partial charge in [-0.2, -0.15) is 5.26 Å². The Bertz CT molecular complexity index is 1080. The van der Waals surface area contributed by atoms with E-state index in [1.165, 1.54) is 36.3 Å². The molecule has 1 N–H and O–H groups in total. The van der Waals surface area contributed by atoms with Gasteiger partial charge >= 0.3 is 5.97 Å². The number of likely N-dealkylation sites (tertiary alicyclic amines) is 1. The number of ether oxygens (including phenoxy) is 1. The summed E-state index contributed by atoms with van der Waals surface area (Å²) in [5.74, 6) is -1.43. The molecule has 1 unspecified atom stereocenters. The fourth-order valence-electron chi connectivity index (χ4n) is 4.03. The number of carbonyl (C=O) groups is 4. The summed E-state index contributed by atoms with van der Waals surface area (Å²) in [6, 6.07) is 16.0. The predicted molar refractivity (Wildman–Crippen MR) is 124 cm³/mol. The molecule has 0 aliphatic carbocycles. The first-order valence-corrected chi connectivity index (χ1v) is 11.2. The fraction of sp³-hybridized carbons (Fsp3) is 0.346. The van der Waals surface area contributed by atoms with Crippen LogP contribution in [0.2, 0.25) is 0 Å². The Morgan fingerprint density at radius 3 is 2.44 bits per heavy atom. The molecule has 1 fully saturated rings. The van der Waals surface area contributed by atoms with Gasteiger partial charge in [0.05, 0.1) is 24.8 Å². The molecular weight excluding hydrogens is 434 g/mol. The van der Waals surface area contributed by atoms with Crippen molar-refractivity contribution < 1.29 is 23.9 Å². The zero-order valence-electron chi connectivity index (χ0n) is 19.0. The number of nitrogens with one attached hydrogen (secondary N) is 1. The van der Waals surface area contributed by atoms with Crippen LogP contribution in [0, 0.1) is 11.3 Å². The van der Waals surface area contributed by atoms with Crippen molar-refractivity contribution in [1.82, 2.24) is 10.2 Å². The first-order chi connectivity index (χ1) is 16.4. The molecule has 0 bridgehead atoms. The topological polar surface area (TPSA) is 117 Å². The Labute approximate surface area is 198 Å². The molecule has 0 aromatic heterocycles. The van der Waals surface area contributed by atoms with E-state index in [4.69, 9.17) is 10.00 Å². The summed E-state index contributed by atoms with van der Waals surface area (Å²) in [6.07, 6.45) is 1.42. The smallest absolute Gasteiger partial charge is 0.328 e. The summed E-state index contributed by atoms with van der Waals surface area (Å²) >= 11 is 0. The van der Waals surface area contributed by atoms with Crippen molar-refractivity contribution in [2.24, 2.45) is 0 Å². The van der Waals surface area contributed by atoms with E-state index in [2.05, 4.69) is 5.32 Å². The average Bonchev–Trinajstić information content (AvgIpc) is 3.37. The average molecular weight is 462 g/mol. The van der Waals surface area contributed by atoms with Gasteiger partial charge in [0.2, 0.25) is 5.91 Å². The monoisotopic (exact) mass is 461 g/mol. The third kappa shape index (κ3) is 6.29. The number of ketones is 1. The molecule has 1 aliphatic rings. The van der Waals surface area contributed by atoms with Crippen molar-refractivity contribution in [2.45, 2.75) is 44.2 Å². The number of methoxy groups -OCH3 is 1. The largest absolute Gasteiger partial charge is 0.467 e. The zero-order chi connectivity index (χ0) is 24.5. The summed E-state index contributed by atoms with van der Waals surface area (Å²) in [5, 5.41) is 11.7. The van der Waals surface area contributed by atoms with Crippen LogP contribution in [-0.2, 0) is 25.5 Å². The molecular formula is C26H27N3O5. The Morgan fingerprint density at radius 2 is 1.79 bits per heavy atom. The van der Waals surface area contributed by atoms with Crippen LogP contribution < -0.4 is 5.32 Å². The first-order valence-electron chi connectivity index (χ1n) is 11.2. The van der Waals surface area contributed by atoms with Gasteiger partial charge in [0, 0.05) is 24.9 Å². The number of rotatable bonds is 9. The van der Waals surface area contributed by atoms with Gasteiger partial charge in [0.15, 0.2) is 5.78 Å². The number of esters is 1. The van der Waals surface area contributed by atoms with Crippen LogP contribution in [-0.4, -0.2) is 54.2 Å². The minimum atomic E-state index is -0.826. The normalized spacial score (nSPS) is 15.8. The highest BCUT2D eigenvalue weighted by atomic mass is 16.5. The molecule has 3 rings (SSSR count). The second kappa shape index (κ2) is 11.8. The molecule has 0 radical (unpaired) electrons. The summed E-state index contributed by atoms with van der Waals surface area (Å²) < 4.78 is 4.78. The van der Waals surface area contributed by atoms with Gasteiger partial charge in [-0.3, -0.25) is 14.4 Å². The molecule has 1 saturated heterocycles. The molecule has 1 heterocycles. The van der Waals surface area contributed by atoms with Crippen LogP contribution in [0.1, 0.15) is 47.2 Å². The quantitative estimate of drug-likeness (QED) is 0.573. The van der Waals surface area contributed by atoms with E-state index in [9.17, 15) is 19.2 Å². The predicted octanol–water partition coefficient (Wildman–Crippen LogP) is 2.41. The van der Waals surface area contributed by atoms with E-state index in [0.717, 1.165) is 5.56 Å². The lowest BCUT2D eigenvalue weighted by Crippen LogP contribution is -2.44. The molecule has 2 aromatic rings. The van der Waals surface area contributed by atoms with Gasteiger partial charge in [-0.1, -0.05) is 30.3 Å². The Hall–Kier alpha value is -3.99. The Kier molecular flexibility index (Phi) is 8.52. The van der Waals surface area contributed by atoms with Crippen molar-refractivity contribution in [3.63, 3.8) is 0 Å². The standard InChI is InChI=1S/C26H27N3O5/c1-34-26(33)22-8-5-15-29(22)24(31)14-13-23(30)21(16-18-6-3-2-4-7-18)28-25(32)20-11-9-19(17-27)10-12-20/h2-4,6-7,9-12,21-22H,5,8,13-16H2,1H3,(H,28,32)/t21?,22-/m0/s1. The number of nitrogens with zero attached hydrogens (tertiary/aromatic N) is 2. The van der Waals surface area contributed by atoms with Gasteiger partial charge in [0.25, 0.3) is 5.91 Å². The summed E-state index contributed by atoms with van der Waals surface area (Å²) in [7, 11) is 1.29. The van der Waals surface area contributed by atoms with Gasteiger partial charge in [0.1, 0.15) is 6.04 Å². The molecule has 2 atom stereocenters. The van der Waals surface area contributed by atoms with Crippen molar-refractivity contribution >= 4 is 23.6 Å². The minimum Gasteiger partial charge on any atom is -0.467 e. The van der Waals surface area contributed by atoms with Gasteiger partial charge in [-0.15, -0.1) is 0 Å². The summed E-state index contributed by atoms with van der Waals surface area (Å²) in [5.41, 5.74) is 1.63. The lowest BCUT2D eigenvalue weighted by Gasteiger charge is -2.23. The number of hydrogen-bond acceptors (Lipinski definition) is 6. The van der Waals surface area contributed by atoms with Gasteiger partial charge in [-0.25, -0.2) is 4.79 Å². The Balaban J connectivity index is 1.67. The highest BCUT2D eigenvalue weighted by Gasteiger charge is 2.35. The summed E-state index contributed by atoms with van der Waals surface area (Å²) in [4.78, 5) is 52.0. The highest BCUT2D eigenvalue weighted by molar-refractivity contribution is 5.98. The minimum absolute atomic E-state index is 0.0512. The second-order valence-corrected chi connectivity index (χ2v) is 8.14. The highest BCUT2D eigenvalue weighted by Crippen LogP contribution is 2.20. The molecule has 176 valence electrons. The molecule has 8 nitrogen and oxygen atoms in total. The number of amides is 2. The zero-order valence-corrected chi connectivity index (χ0v) is 19.0. The maximum atomic E-state index is 13.1. The van der Waals surface area contributed by atoms with Crippen molar-refractivity contribution in [2.75, 3.05) is 13.7 Å². The number of hydrogen-bond donors (Lipinski definition) is 1. The maximum absolute atomic E-state index is 13.1. The van der Waals surface area contributed by atoms with E-state index in [-0.39, 0.29) is 31.0 Å². The van der Waals surface area contributed by atoms with Crippen LogP contribution >= 0.6 is 0 Å². The van der Waals surface area contributed by atoms with Crippen LogP contribution in [0.5, 0.6) is 0 Å². The number of carbonyl (C=O) groups excluding carboxylic acids is 4. The van der Waals surface area contributed by atoms with E-state index < -0.39 is 24.0 Å². The molecule has 0 spiro atoms. The molecule has 2 aromatic carbocycles. The third-order valence-corrected chi connectivity index (χ3v) is 5.88. The SMILES string of the molecule is COC(=O)[C@@H]1CCCN1C(=O)CCC(=O)C(Cc1ccccc1)NC(=O)c1ccc(C#N)cc1. The van der Waals surface area contributed by atoms with Gasteiger partial charge in [-0.05, 0) is 49.1 Å². The van der Waals surface area contributed by atoms with Crippen molar-refractivity contribution in [3.05, 3.63) is 71.3 Å². The molecule has 1 aliphatic heterocycles. The molecule has 0 saturated carbocycles. The second-order valence-electron chi connectivity index (χ2n) is 8.14. The van der Waals surface area contributed by atoms with Crippen LogP contribution in [0.3, 0.4) is 0 Å². The van der Waals surface area contributed by atoms with E-state index in [1.807, 2.05) is 36.4 Å². The molecule has 2 amide bonds. The van der Waals surface area contributed by atoms with Crippen LogP contribution in [0.15, 0.2) is 54.6 Å². The third-order valence-electron chi connectivity index (χ3n) is 5.88. The number of benzene rings is 2. The van der Waals surface area contributed by atoms with Crippen molar-refractivity contribution in [3.8, 4) is 6.07 Å². The van der Waals surface area contributed by atoms with E-state index in [0.29, 0.717) is 30.5 Å². The lowest BCUT2D eigenvalue weighted by atomic mass is 9.98.